The highest BCUT2D eigenvalue weighted by atomic mass is 32.2. The van der Waals surface area contributed by atoms with Crippen molar-refractivity contribution in [2.75, 3.05) is 12.0 Å². The first kappa shape index (κ1) is 14.3. The Balaban J connectivity index is 2.02. The van der Waals surface area contributed by atoms with Gasteiger partial charge in [-0.25, -0.2) is 0 Å². The highest BCUT2D eigenvalue weighted by Gasteiger charge is 2.23. The van der Waals surface area contributed by atoms with E-state index in [2.05, 4.69) is 11.6 Å². The fraction of sp³-hybridized carbons (Fsp3) is 0.533. The number of carbonyl (C=O) groups excluding carboxylic acids is 1. The molecule has 1 saturated carbocycles. The Hall–Kier alpha value is -1.16. The van der Waals surface area contributed by atoms with E-state index < -0.39 is 0 Å². The molecule has 3 N–H and O–H groups in total. The van der Waals surface area contributed by atoms with Crippen LogP contribution in [-0.2, 0) is 0 Å². The zero-order chi connectivity index (χ0) is 13.8. The summed E-state index contributed by atoms with van der Waals surface area (Å²) in [5, 5.41) is 3.84. The molecule has 0 saturated heterocycles. The van der Waals surface area contributed by atoms with Gasteiger partial charge >= 0.3 is 0 Å². The van der Waals surface area contributed by atoms with Crippen LogP contribution in [0.2, 0.25) is 0 Å². The van der Waals surface area contributed by atoms with Gasteiger partial charge in [-0.1, -0.05) is 12.5 Å². The third-order valence-corrected chi connectivity index (χ3v) is 4.90. The number of rotatable bonds is 3. The lowest BCUT2D eigenvalue weighted by atomic mass is 9.94. The van der Waals surface area contributed by atoms with Gasteiger partial charge in [0, 0.05) is 22.5 Å². The van der Waals surface area contributed by atoms with Gasteiger partial charge in [0.25, 0.3) is 5.91 Å². The maximum Gasteiger partial charge on any atom is 0.251 e. The minimum absolute atomic E-state index is 0.0107. The van der Waals surface area contributed by atoms with Crippen molar-refractivity contribution >= 4 is 23.4 Å². The molecule has 4 heteroatoms. The van der Waals surface area contributed by atoms with Crippen LogP contribution >= 0.6 is 11.8 Å². The lowest BCUT2D eigenvalue weighted by Gasteiger charge is -2.28. The number of carbonyl (C=O) groups is 1. The fourth-order valence-electron chi connectivity index (χ4n) is 2.64. The standard InChI is InChI=1S/C15H22N2OS/c1-10-6-7-11(16)8-14(10)15(18)17-12-4-3-5-13(9-12)19-2/h6-8,12-13H,3-5,9,16H2,1-2H3,(H,17,18). The van der Waals surface area contributed by atoms with Gasteiger partial charge in [0.2, 0.25) is 0 Å². The molecule has 1 fully saturated rings. The van der Waals surface area contributed by atoms with Crippen molar-refractivity contribution in [1.82, 2.24) is 5.32 Å². The number of nitrogens with one attached hydrogen (secondary N) is 1. The van der Waals surface area contributed by atoms with Gasteiger partial charge in [-0.05, 0) is 50.1 Å². The van der Waals surface area contributed by atoms with Crippen LogP contribution in [-0.4, -0.2) is 23.5 Å². The first-order chi connectivity index (χ1) is 9.10. The summed E-state index contributed by atoms with van der Waals surface area (Å²) in [6.07, 6.45) is 6.78. The quantitative estimate of drug-likeness (QED) is 0.836. The molecule has 1 amide bonds. The van der Waals surface area contributed by atoms with Crippen LogP contribution in [0.1, 0.15) is 41.6 Å². The molecule has 0 aliphatic heterocycles. The Labute approximate surface area is 119 Å². The van der Waals surface area contributed by atoms with E-state index in [4.69, 9.17) is 5.73 Å². The Morgan fingerprint density at radius 2 is 2.21 bits per heavy atom. The first-order valence-corrected chi connectivity index (χ1v) is 8.08. The van der Waals surface area contributed by atoms with Crippen LogP contribution < -0.4 is 11.1 Å². The second kappa shape index (κ2) is 6.33. The van der Waals surface area contributed by atoms with Crippen molar-refractivity contribution in [2.45, 2.75) is 43.9 Å². The van der Waals surface area contributed by atoms with E-state index in [9.17, 15) is 4.79 Å². The summed E-state index contributed by atoms with van der Waals surface area (Å²) in [4.78, 5) is 12.3. The molecule has 2 rings (SSSR count). The molecule has 19 heavy (non-hydrogen) atoms. The van der Waals surface area contributed by atoms with Gasteiger partial charge in [-0.3, -0.25) is 4.79 Å². The maximum atomic E-state index is 12.3. The summed E-state index contributed by atoms with van der Waals surface area (Å²) in [5.41, 5.74) is 8.07. The molecule has 1 aromatic carbocycles. The van der Waals surface area contributed by atoms with E-state index in [1.54, 1.807) is 6.07 Å². The van der Waals surface area contributed by atoms with Crippen LogP contribution in [0.3, 0.4) is 0 Å². The number of anilines is 1. The molecule has 2 atom stereocenters. The van der Waals surface area contributed by atoms with Crippen LogP contribution in [0.4, 0.5) is 5.69 Å². The summed E-state index contributed by atoms with van der Waals surface area (Å²) < 4.78 is 0. The summed E-state index contributed by atoms with van der Waals surface area (Å²) in [7, 11) is 0. The summed E-state index contributed by atoms with van der Waals surface area (Å²) in [6, 6.07) is 5.80. The predicted molar refractivity (Wildman–Crippen MR) is 82.6 cm³/mol. The lowest BCUT2D eigenvalue weighted by Crippen LogP contribution is -2.39. The molecule has 0 aromatic heterocycles. The lowest BCUT2D eigenvalue weighted by molar-refractivity contribution is 0.0928. The number of amides is 1. The van der Waals surface area contributed by atoms with E-state index in [1.807, 2.05) is 30.8 Å². The topological polar surface area (TPSA) is 55.1 Å². The van der Waals surface area contributed by atoms with Crippen LogP contribution in [0.15, 0.2) is 18.2 Å². The fourth-order valence-corrected chi connectivity index (χ4v) is 3.46. The molecule has 0 heterocycles. The van der Waals surface area contributed by atoms with Gasteiger partial charge in [-0.15, -0.1) is 0 Å². The molecular weight excluding hydrogens is 256 g/mol. The largest absolute Gasteiger partial charge is 0.399 e. The third kappa shape index (κ3) is 3.66. The van der Waals surface area contributed by atoms with Crippen LogP contribution in [0, 0.1) is 6.92 Å². The Kier molecular flexibility index (Phi) is 4.75. The highest BCUT2D eigenvalue weighted by molar-refractivity contribution is 7.99. The molecule has 1 aromatic rings. The van der Waals surface area contributed by atoms with Gasteiger partial charge in [0.05, 0.1) is 0 Å². The summed E-state index contributed by atoms with van der Waals surface area (Å²) in [6.45, 7) is 1.94. The van der Waals surface area contributed by atoms with E-state index in [0.717, 1.165) is 18.4 Å². The van der Waals surface area contributed by atoms with Gasteiger partial charge in [-0.2, -0.15) is 11.8 Å². The SMILES string of the molecule is CSC1CCCC(NC(=O)c2cc(N)ccc2C)C1. The van der Waals surface area contributed by atoms with Crippen molar-refractivity contribution in [3.8, 4) is 0 Å². The van der Waals surface area contributed by atoms with Gasteiger partial charge < -0.3 is 11.1 Å². The van der Waals surface area contributed by atoms with E-state index >= 15 is 0 Å². The number of nitrogens with two attached hydrogens (primary N) is 1. The molecule has 0 spiro atoms. The third-order valence-electron chi connectivity index (χ3n) is 3.80. The Morgan fingerprint density at radius 3 is 2.95 bits per heavy atom. The second-order valence-electron chi connectivity index (χ2n) is 5.27. The van der Waals surface area contributed by atoms with E-state index in [0.29, 0.717) is 22.5 Å². The Bertz CT molecular complexity index is 461. The zero-order valence-corrected chi connectivity index (χ0v) is 12.4. The monoisotopic (exact) mass is 278 g/mol. The van der Waals surface area contributed by atoms with Crippen molar-refractivity contribution in [1.29, 1.82) is 0 Å². The van der Waals surface area contributed by atoms with Crippen LogP contribution in [0.25, 0.3) is 0 Å². The predicted octanol–water partition coefficient (Wildman–Crippen LogP) is 2.98. The molecule has 1 aliphatic carbocycles. The van der Waals surface area contributed by atoms with E-state index in [-0.39, 0.29) is 5.91 Å². The van der Waals surface area contributed by atoms with Crippen molar-refractivity contribution in [3.05, 3.63) is 29.3 Å². The number of benzene rings is 1. The molecule has 104 valence electrons. The number of hydrogen-bond donors (Lipinski definition) is 2. The molecule has 0 bridgehead atoms. The van der Waals surface area contributed by atoms with Crippen molar-refractivity contribution in [2.24, 2.45) is 0 Å². The number of hydrogen-bond acceptors (Lipinski definition) is 3. The van der Waals surface area contributed by atoms with Gasteiger partial charge in [0.1, 0.15) is 0 Å². The number of nitrogen functional groups attached to an aromatic ring is 1. The second-order valence-corrected chi connectivity index (χ2v) is 6.41. The zero-order valence-electron chi connectivity index (χ0n) is 11.6. The number of thioether (sulfide) groups is 1. The molecule has 1 aliphatic rings. The summed E-state index contributed by atoms with van der Waals surface area (Å²) in [5.74, 6) is 0.0107. The molecular formula is C15H22N2OS. The minimum atomic E-state index is 0.0107. The molecule has 3 nitrogen and oxygen atoms in total. The smallest absolute Gasteiger partial charge is 0.251 e. The van der Waals surface area contributed by atoms with E-state index in [1.165, 1.54) is 12.8 Å². The average Bonchev–Trinajstić information content (AvgIpc) is 2.41. The molecule has 2 unspecified atom stereocenters. The highest BCUT2D eigenvalue weighted by Crippen LogP contribution is 2.27. The first-order valence-electron chi connectivity index (χ1n) is 6.80. The number of aryl methyl sites for hydroxylation is 1. The van der Waals surface area contributed by atoms with Crippen LogP contribution in [0.5, 0.6) is 0 Å². The van der Waals surface area contributed by atoms with Gasteiger partial charge in [0.15, 0.2) is 0 Å². The average molecular weight is 278 g/mol. The molecule has 0 radical (unpaired) electrons. The summed E-state index contributed by atoms with van der Waals surface area (Å²) >= 11 is 1.91. The van der Waals surface area contributed by atoms with Crippen molar-refractivity contribution in [3.63, 3.8) is 0 Å². The maximum absolute atomic E-state index is 12.3. The Morgan fingerprint density at radius 1 is 1.42 bits per heavy atom. The van der Waals surface area contributed by atoms with Crippen molar-refractivity contribution < 1.29 is 4.79 Å². The normalized spacial score (nSPS) is 23.1. The minimum Gasteiger partial charge on any atom is -0.399 e.